The molecule has 1 fully saturated rings. The minimum absolute atomic E-state index is 0.667. The molecule has 2 N–H and O–H groups in total. The zero-order chi connectivity index (χ0) is 9.10. The highest BCUT2D eigenvalue weighted by Gasteiger charge is 2.17. The van der Waals surface area contributed by atoms with Crippen molar-refractivity contribution >= 4 is 6.21 Å². The third kappa shape index (κ3) is 1.70. The lowest BCUT2D eigenvalue weighted by Gasteiger charge is -2.27. The summed E-state index contributed by atoms with van der Waals surface area (Å²) in [5.74, 6) is 0.667. The molecular weight excluding hydrogens is 164 g/mol. The van der Waals surface area contributed by atoms with E-state index in [1.807, 2.05) is 12.1 Å². The van der Waals surface area contributed by atoms with Crippen molar-refractivity contribution < 1.29 is 5.21 Å². The van der Waals surface area contributed by atoms with E-state index in [0.717, 1.165) is 18.7 Å². The molecule has 0 unspecified atom stereocenters. The van der Waals surface area contributed by atoms with E-state index in [0.29, 0.717) is 5.92 Å². The standard InChI is InChI=1S/C10H12N2O/c13-12-5-8-1-3-9(4-2-8)10-6-11-7-10/h1-5,10-11,13H,6-7H2. The van der Waals surface area contributed by atoms with Crippen LogP contribution in [0.3, 0.4) is 0 Å². The van der Waals surface area contributed by atoms with E-state index in [2.05, 4.69) is 22.6 Å². The third-order valence-corrected chi connectivity index (χ3v) is 2.40. The molecule has 1 aromatic carbocycles. The van der Waals surface area contributed by atoms with E-state index in [1.165, 1.54) is 11.8 Å². The van der Waals surface area contributed by atoms with Crippen LogP contribution >= 0.6 is 0 Å². The summed E-state index contributed by atoms with van der Waals surface area (Å²) < 4.78 is 0. The Bertz CT molecular complexity index is 301. The summed E-state index contributed by atoms with van der Waals surface area (Å²) in [5, 5.41) is 14.5. The Labute approximate surface area is 77.1 Å². The number of nitrogens with one attached hydrogen (secondary N) is 1. The van der Waals surface area contributed by atoms with Gasteiger partial charge in [-0.15, -0.1) is 0 Å². The molecule has 0 saturated carbocycles. The van der Waals surface area contributed by atoms with Gasteiger partial charge in [0.05, 0.1) is 6.21 Å². The molecule has 1 aliphatic rings. The van der Waals surface area contributed by atoms with Crippen molar-refractivity contribution in [3.8, 4) is 0 Å². The third-order valence-electron chi connectivity index (χ3n) is 2.40. The van der Waals surface area contributed by atoms with Crippen molar-refractivity contribution in [2.75, 3.05) is 13.1 Å². The fourth-order valence-electron chi connectivity index (χ4n) is 1.45. The number of rotatable bonds is 2. The van der Waals surface area contributed by atoms with Gasteiger partial charge in [-0.3, -0.25) is 0 Å². The molecule has 3 nitrogen and oxygen atoms in total. The Kier molecular flexibility index (Phi) is 2.27. The van der Waals surface area contributed by atoms with Crippen molar-refractivity contribution in [1.82, 2.24) is 5.32 Å². The maximum atomic E-state index is 8.31. The predicted molar refractivity (Wildman–Crippen MR) is 51.4 cm³/mol. The van der Waals surface area contributed by atoms with Crippen LogP contribution in [0.15, 0.2) is 29.4 Å². The number of benzene rings is 1. The van der Waals surface area contributed by atoms with Gasteiger partial charge in [0.25, 0.3) is 0 Å². The fraction of sp³-hybridized carbons (Fsp3) is 0.300. The van der Waals surface area contributed by atoms with Crippen LogP contribution in [0.4, 0.5) is 0 Å². The van der Waals surface area contributed by atoms with Gasteiger partial charge in [0.2, 0.25) is 0 Å². The van der Waals surface area contributed by atoms with Crippen LogP contribution in [0.5, 0.6) is 0 Å². The van der Waals surface area contributed by atoms with Crippen molar-refractivity contribution in [1.29, 1.82) is 0 Å². The van der Waals surface area contributed by atoms with Gasteiger partial charge in [-0.1, -0.05) is 29.4 Å². The lowest BCUT2D eigenvalue weighted by Crippen LogP contribution is -2.39. The zero-order valence-corrected chi connectivity index (χ0v) is 7.27. The quantitative estimate of drug-likeness (QED) is 0.404. The highest BCUT2D eigenvalue weighted by Crippen LogP contribution is 2.19. The number of nitrogens with zero attached hydrogens (tertiary/aromatic N) is 1. The molecule has 2 rings (SSSR count). The van der Waals surface area contributed by atoms with Gasteiger partial charge in [0.1, 0.15) is 0 Å². The van der Waals surface area contributed by atoms with Crippen LogP contribution in [0, 0.1) is 0 Å². The first-order valence-corrected chi connectivity index (χ1v) is 4.38. The maximum absolute atomic E-state index is 8.31. The van der Waals surface area contributed by atoms with Gasteiger partial charge in [-0.05, 0) is 11.1 Å². The second-order valence-electron chi connectivity index (χ2n) is 3.27. The highest BCUT2D eigenvalue weighted by atomic mass is 16.4. The van der Waals surface area contributed by atoms with Gasteiger partial charge in [0.15, 0.2) is 0 Å². The molecule has 13 heavy (non-hydrogen) atoms. The Morgan fingerprint density at radius 1 is 1.31 bits per heavy atom. The molecule has 1 aliphatic heterocycles. The predicted octanol–water partition coefficient (Wildman–Crippen LogP) is 1.18. The molecule has 1 saturated heterocycles. The van der Waals surface area contributed by atoms with E-state index in [-0.39, 0.29) is 0 Å². The average molecular weight is 176 g/mol. The lowest BCUT2D eigenvalue weighted by atomic mass is 9.93. The molecule has 0 spiro atoms. The molecular formula is C10H12N2O. The van der Waals surface area contributed by atoms with Crippen LogP contribution in [-0.4, -0.2) is 24.5 Å². The molecule has 68 valence electrons. The summed E-state index contributed by atoms with van der Waals surface area (Å²) in [5.41, 5.74) is 2.28. The molecule has 3 heteroatoms. The second kappa shape index (κ2) is 3.58. The Morgan fingerprint density at radius 3 is 2.46 bits per heavy atom. The van der Waals surface area contributed by atoms with E-state index in [1.54, 1.807) is 0 Å². The summed E-state index contributed by atoms with van der Waals surface area (Å²) in [6.45, 7) is 2.15. The zero-order valence-electron chi connectivity index (χ0n) is 7.27. The van der Waals surface area contributed by atoms with Gasteiger partial charge < -0.3 is 10.5 Å². The Morgan fingerprint density at radius 2 is 2.00 bits per heavy atom. The van der Waals surface area contributed by atoms with Crippen LogP contribution in [0.2, 0.25) is 0 Å². The molecule has 0 bridgehead atoms. The largest absolute Gasteiger partial charge is 0.411 e. The van der Waals surface area contributed by atoms with Gasteiger partial charge in [-0.25, -0.2) is 0 Å². The monoisotopic (exact) mass is 176 g/mol. The van der Waals surface area contributed by atoms with Crippen molar-refractivity contribution in [3.63, 3.8) is 0 Å². The fourth-order valence-corrected chi connectivity index (χ4v) is 1.45. The molecule has 1 heterocycles. The Balaban J connectivity index is 2.13. The number of oxime groups is 1. The number of hydrogen-bond donors (Lipinski definition) is 2. The normalized spacial score (nSPS) is 17.5. The average Bonchev–Trinajstić information content (AvgIpc) is 2.06. The Hall–Kier alpha value is -1.35. The number of hydrogen-bond acceptors (Lipinski definition) is 3. The van der Waals surface area contributed by atoms with Crippen LogP contribution in [-0.2, 0) is 0 Å². The molecule has 0 radical (unpaired) electrons. The van der Waals surface area contributed by atoms with E-state index in [4.69, 9.17) is 5.21 Å². The minimum Gasteiger partial charge on any atom is -0.411 e. The van der Waals surface area contributed by atoms with Crippen LogP contribution < -0.4 is 5.32 Å². The van der Waals surface area contributed by atoms with Crippen molar-refractivity contribution in [2.24, 2.45) is 5.16 Å². The summed E-state index contributed by atoms with van der Waals surface area (Å²) >= 11 is 0. The van der Waals surface area contributed by atoms with Crippen LogP contribution in [0.25, 0.3) is 0 Å². The van der Waals surface area contributed by atoms with Gasteiger partial charge in [-0.2, -0.15) is 0 Å². The lowest BCUT2D eigenvalue weighted by molar-refractivity contribution is 0.322. The topological polar surface area (TPSA) is 44.6 Å². The maximum Gasteiger partial charge on any atom is 0.0733 e. The summed E-state index contributed by atoms with van der Waals surface area (Å²) in [4.78, 5) is 0. The second-order valence-corrected chi connectivity index (χ2v) is 3.27. The molecule has 0 aliphatic carbocycles. The van der Waals surface area contributed by atoms with Crippen molar-refractivity contribution in [2.45, 2.75) is 5.92 Å². The summed E-state index contributed by atoms with van der Waals surface area (Å²) in [7, 11) is 0. The van der Waals surface area contributed by atoms with Gasteiger partial charge in [0, 0.05) is 19.0 Å². The first-order valence-electron chi connectivity index (χ1n) is 4.38. The molecule has 1 aromatic rings. The first-order chi connectivity index (χ1) is 6.40. The summed E-state index contributed by atoms with van der Waals surface area (Å²) in [6.07, 6.45) is 1.43. The first kappa shape index (κ1) is 8.26. The van der Waals surface area contributed by atoms with Crippen molar-refractivity contribution in [3.05, 3.63) is 35.4 Å². The molecule has 0 atom stereocenters. The van der Waals surface area contributed by atoms with Gasteiger partial charge >= 0.3 is 0 Å². The van der Waals surface area contributed by atoms with E-state index in [9.17, 15) is 0 Å². The highest BCUT2D eigenvalue weighted by molar-refractivity contribution is 5.78. The molecule has 0 amide bonds. The van der Waals surface area contributed by atoms with E-state index < -0.39 is 0 Å². The SMILES string of the molecule is ON=Cc1ccc(C2CNC2)cc1. The smallest absolute Gasteiger partial charge is 0.0733 e. The van der Waals surface area contributed by atoms with Crippen LogP contribution in [0.1, 0.15) is 17.0 Å². The van der Waals surface area contributed by atoms with E-state index >= 15 is 0 Å². The minimum atomic E-state index is 0.667. The summed E-state index contributed by atoms with van der Waals surface area (Å²) in [6, 6.07) is 8.10. The molecule has 0 aromatic heterocycles.